The average molecular weight is 258 g/mol. The molecule has 0 saturated carbocycles. The minimum Gasteiger partial charge on any atom is -0.480 e. The molecule has 1 rings (SSSR count). The van der Waals surface area contributed by atoms with Gasteiger partial charge in [-0.1, -0.05) is 13.8 Å². The molecule has 1 saturated heterocycles. The van der Waals surface area contributed by atoms with Crippen molar-refractivity contribution in [3.63, 3.8) is 0 Å². The number of nitrogens with one attached hydrogen (secondary N) is 1. The van der Waals surface area contributed by atoms with Gasteiger partial charge in [0.2, 0.25) is 5.91 Å². The van der Waals surface area contributed by atoms with Crippen LogP contribution in [0.5, 0.6) is 0 Å². The predicted molar refractivity (Wildman–Crippen MR) is 66.3 cm³/mol. The summed E-state index contributed by atoms with van der Waals surface area (Å²) in [7, 11) is 0. The minimum atomic E-state index is -1.02. The van der Waals surface area contributed by atoms with Gasteiger partial charge in [-0.15, -0.1) is 0 Å². The lowest BCUT2D eigenvalue weighted by Crippen LogP contribution is -2.50. The van der Waals surface area contributed by atoms with Gasteiger partial charge < -0.3 is 15.2 Å². The van der Waals surface area contributed by atoms with Gasteiger partial charge >= 0.3 is 5.97 Å². The third kappa shape index (κ3) is 5.46. The first-order valence-electron chi connectivity index (χ1n) is 6.29. The van der Waals surface area contributed by atoms with Crippen molar-refractivity contribution >= 4 is 11.9 Å². The molecule has 1 amide bonds. The number of nitrogens with zero attached hydrogens (tertiary/aromatic N) is 1. The smallest absolute Gasteiger partial charge is 0.322 e. The number of carboxylic acid groups (broad SMARTS) is 1. The molecule has 6 heteroatoms. The second-order valence-corrected chi connectivity index (χ2v) is 5.00. The fourth-order valence-electron chi connectivity index (χ4n) is 2.07. The zero-order chi connectivity index (χ0) is 13.5. The van der Waals surface area contributed by atoms with Crippen LogP contribution in [0.25, 0.3) is 0 Å². The molecule has 0 bridgehead atoms. The van der Waals surface area contributed by atoms with E-state index in [4.69, 9.17) is 9.84 Å². The first-order chi connectivity index (χ1) is 8.49. The van der Waals surface area contributed by atoms with Crippen LogP contribution in [0.15, 0.2) is 0 Å². The minimum absolute atomic E-state index is 0.243. The lowest BCUT2D eigenvalue weighted by atomic mass is 10.0. The Hall–Kier alpha value is -1.14. The van der Waals surface area contributed by atoms with Crippen molar-refractivity contribution in [1.82, 2.24) is 10.2 Å². The molecule has 0 aliphatic carbocycles. The molecule has 0 aromatic carbocycles. The summed E-state index contributed by atoms with van der Waals surface area (Å²) in [6.45, 7) is 6.18. The van der Waals surface area contributed by atoms with Crippen LogP contribution in [0.1, 0.15) is 20.3 Å². The van der Waals surface area contributed by atoms with Gasteiger partial charge in [-0.05, 0) is 12.3 Å². The number of hydrogen-bond acceptors (Lipinski definition) is 4. The molecule has 1 aliphatic rings. The van der Waals surface area contributed by atoms with Gasteiger partial charge in [0.15, 0.2) is 0 Å². The van der Waals surface area contributed by atoms with Crippen LogP contribution in [0.3, 0.4) is 0 Å². The number of carboxylic acids is 1. The molecular formula is C12H22N2O4. The fourth-order valence-corrected chi connectivity index (χ4v) is 2.07. The number of ether oxygens (including phenoxy) is 1. The summed E-state index contributed by atoms with van der Waals surface area (Å²) in [5.74, 6) is -0.724. The van der Waals surface area contributed by atoms with E-state index in [1.807, 2.05) is 0 Å². The normalized spacial score (nSPS) is 20.9. The van der Waals surface area contributed by atoms with Gasteiger partial charge in [-0.3, -0.25) is 14.5 Å². The van der Waals surface area contributed by atoms with Crippen molar-refractivity contribution in [2.24, 2.45) is 5.92 Å². The van der Waals surface area contributed by atoms with Crippen molar-refractivity contribution in [3.8, 4) is 0 Å². The Morgan fingerprint density at radius 3 is 2.83 bits per heavy atom. The summed E-state index contributed by atoms with van der Waals surface area (Å²) >= 11 is 0. The number of amides is 1. The topological polar surface area (TPSA) is 78.9 Å². The van der Waals surface area contributed by atoms with Gasteiger partial charge in [-0.2, -0.15) is 0 Å². The summed E-state index contributed by atoms with van der Waals surface area (Å²) in [6.07, 6.45) is 0.978. The maximum absolute atomic E-state index is 11.6. The summed E-state index contributed by atoms with van der Waals surface area (Å²) in [5, 5.41) is 10.9. The molecule has 1 unspecified atom stereocenters. The van der Waals surface area contributed by atoms with Crippen LogP contribution in [-0.2, 0) is 14.3 Å². The molecular weight excluding hydrogens is 236 g/mol. The third-order valence-electron chi connectivity index (χ3n) is 2.88. The molecule has 18 heavy (non-hydrogen) atoms. The van der Waals surface area contributed by atoms with Gasteiger partial charge in [0.1, 0.15) is 6.54 Å². The quantitative estimate of drug-likeness (QED) is 0.697. The van der Waals surface area contributed by atoms with Crippen molar-refractivity contribution < 1.29 is 19.4 Å². The molecule has 1 atom stereocenters. The van der Waals surface area contributed by atoms with Crippen molar-refractivity contribution in [2.75, 3.05) is 32.8 Å². The summed E-state index contributed by atoms with van der Waals surface area (Å²) in [5.41, 5.74) is 0. The maximum atomic E-state index is 11.6. The van der Waals surface area contributed by atoms with E-state index in [1.54, 1.807) is 0 Å². The molecule has 0 aromatic heterocycles. The second-order valence-electron chi connectivity index (χ2n) is 5.00. The van der Waals surface area contributed by atoms with Crippen LogP contribution in [-0.4, -0.2) is 60.8 Å². The van der Waals surface area contributed by atoms with E-state index in [-0.39, 0.29) is 25.0 Å². The van der Waals surface area contributed by atoms with Crippen LogP contribution >= 0.6 is 0 Å². The van der Waals surface area contributed by atoms with E-state index in [1.165, 1.54) is 0 Å². The Morgan fingerprint density at radius 1 is 1.50 bits per heavy atom. The Labute approximate surface area is 107 Å². The zero-order valence-electron chi connectivity index (χ0n) is 11.0. The predicted octanol–water partition coefficient (Wildman–Crippen LogP) is -0.0659. The summed E-state index contributed by atoms with van der Waals surface area (Å²) in [4.78, 5) is 24.0. The van der Waals surface area contributed by atoms with Gasteiger partial charge in [0, 0.05) is 12.6 Å². The highest BCUT2D eigenvalue weighted by molar-refractivity contribution is 5.82. The first kappa shape index (κ1) is 14.9. The van der Waals surface area contributed by atoms with Crippen molar-refractivity contribution in [2.45, 2.75) is 26.3 Å². The lowest BCUT2D eigenvalue weighted by molar-refractivity contribution is -0.138. The van der Waals surface area contributed by atoms with Gasteiger partial charge in [0.05, 0.1) is 19.8 Å². The van der Waals surface area contributed by atoms with Crippen LogP contribution in [0.4, 0.5) is 0 Å². The zero-order valence-corrected chi connectivity index (χ0v) is 11.0. The average Bonchev–Trinajstić information content (AvgIpc) is 2.28. The Morgan fingerprint density at radius 2 is 2.22 bits per heavy atom. The molecule has 0 aromatic rings. The van der Waals surface area contributed by atoms with E-state index >= 15 is 0 Å². The molecule has 104 valence electrons. The number of carbonyl (C=O) groups excluding carboxylic acids is 1. The highest BCUT2D eigenvalue weighted by Crippen LogP contribution is 2.15. The van der Waals surface area contributed by atoms with Gasteiger partial charge in [-0.25, -0.2) is 0 Å². The SMILES string of the molecule is CC(C)CC1COCCN1CC(=O)NCC(=O)O. The Bertz CT molecular complexity index is 294. The highest BCUT2D eigenvalue weighted by atomic mass is 16.5. The first-order valence-corrected chi connectivity index (χ1v) is 6.29. The van der Waals surface area contributed by atoms with E-state index in [2.05, 4.69) is 24.1 Å². The van der Waals surface area contributed by atoms with Gasteiger partial charge in [0.25, 0.3) is 0 Å². The monoisotopic (exact) mass is 258 g/mol. The molecule has 1 aliphatic heterocycles. The molecule has 1 heterocycles. The van der Waals surface area contributed by atoms with E-state index < -0.39 is 5.97 Å². The van der Waals surface area contributed by atoms with Crippen molar-refractivity contribution in [3.05, 3.63) is 0 Å². The van der Waals surface area contributed by atoms with Crippen LogP contribution in [0.2, 0.25) is 0 Å². The van der Waals surface area contributed by atoms with E-state index in [0.29, 0.717) is 19.1 Å². The largest absolute Gasteiger partial charge is 0.480 e. The molecule has 6 nitrogen and oxygen atoms in total. The van der Waals surface area contributed by atoms with E-state index in [9.17, 15) is 9.59 Å². The fraction of sp³-hybridized carbons (Fsp3) is 0.833. The van der Waals surface area contributed by atoms with Crippen molar-refractivity contribution in [1.29, 1.82) is 0 Å². The molecule has 1 fully saturated rings. The second kappa shape index (κ2) is 7.33. The van der Waals surface area contributed by atoms with E-state index in [0.717, 1.165) is 13.0 Å². The van der Waals surface area contributed by atoms with Crippen LogP contribution < -0.4 is 5.32 Å². The molecule has 0 radical (unpaired) electrons. The molecule has 0 spiro atoms. The number of carbonyl (C=O) groups is 2. The molecule has 2 N–H and O–H groups in total. The number of rotatable bonds is 6. The Kier molecular flexibility index (Phi) is 6.07. The standard InChI is InChI=1S/C12H22N2O4/c1-9(2)5-10-8-18-4-3-14(10)7-11(15)13-6-12(16)17/h9-10H,3-8H2,1-2H3,(H,13,15)(H,16,17). The van der Waals surface area contributed by atoms with Crippen LogP contribution in [0, 0.1) is 5.92 Å². The maximum Gasteiger partial charge on any atom is 0.322 e. The number of aliphatic carboxylic acids is 1. The highest BCUT2D eigenvalue weighted by Gasteiger charge is 2.25. The summed E-state index contributed by atoms with van der Waals surface area (Å²) in [6, 6.07) is 0.245. The Balaban J connectivity index is 2.41. The number of hydrogen-bond donors (Lipinski definition) is 2. The summed E-state index contributed by atoms with van der Waals surface area (Å²) < 4.78 is 5.43. The lowest BCUT2D eigenvalue weighted by Gasteiger charge is -2.35. The third-order valence-corrected chi connectivity index (χ3v) is 2.88. The number of morpholine rings is 1.